The third-order valence-electron chi connectivity index (χ3n) is 5.81. The van der Waals surface area contributed by atoms with Gasteiger partial charge in [-0.2, -0.15) is 0 Å². The van der Waals surface area contributed by atoms with Gasteiger partial charge in [0.25, 0.3) is 12.4 Å². The van der Waals surface area contributed by atoms with Crippen LogP contribution in [-0.2, 0) is 15.1 Å². The number of hydrogen-bond acceptors (Lipinski definition) is 6. The molecular formula is C25H34N4O5. The van der Waals surface area contributed by atoms with Crippen molar-refractivity contribution in [2.24, 2.45) is 0 Å². The SMILES string of the molecule is CNc1ccc(C)cc1C(=O)N1CC[C@](NC(=O)CN(C)C)(c2ccccc2)[C@H](O)C1.O=CO. The molecule has 1 aliphatic rings. The number of aliphatic hydroxyl groups excluding tert-OH is 1. The standard InChI is InChI=1S/C24H32N4O3.CH2O2/c1-17-10-11-20(25-2)19(14-17)23(31)28-13-12-24(21(29)15-28,18-8-6-5-7-9-18)26-22(30)16-27(3)4;2-1-3/h5-11,14,21,25,29H,12-13,15-16H2,1-4H3,(H,26,30);1H,(H,2,3)/t21-,24+;/m1./s1. The van der Waals surface area contributed by atoms with E-state index < -0.39 is 11.6 Å². The van der Waals surface area contributed by atoms with Gasteiger partial charge in [0.15, 0.2) is 0 Å². The second kappa shape index (κ2) is 12.2. The molecule has 0 radical (unpaired) electrons. The van der Waals surface area contributed by atoms with Gasteiger partial charge in [-0.1, -0.05) is 42.0 Å². The van der Waals surface area contributed by atoms with Crippen molar-refractivity contribution in [3.8, 4) is 0 Å². The molecule has 2 aromatic rings. The van der Waals surface area contributed by atoms with Crippen LogP contribution in [0.5, 0.6) is 0 Å². The maximum absolute atomic E-state index is 13.3. The van der Waals surface area contributed by atoms with Crippen LogP contribution < -0.4 is 10.6 Å². The number of carbonyl (C=O) groups excluding carboxylic acids is 2. The monoisotopic (exact) mass is 470 g/mol. The molecule has 9 nitrogen and oxygen atoms in total. The molecule has 1 fully saturated rings. The number of piperidine rings is 1. The van der Waals surface area contributed by atoms with E-state index in [1.807, 2.05) is 69.6 Å². The zero-order valence-corrected chi connectivity index (χ0v) is 20.1. The first-order chi connectivity index (χ1) is 16.2. The van der Waals surface area contributed by atoms with Crippen molar-refractivity contribution in [3.05, 3.63) is 65.2 Å². The van der Waals surface area contributed by atoms with Crippen molar-refractivity contribution < 1.29 is 24.6 Å². The van der Waals surface area contributed by atoms with Gasteiger partial charge in [-0.3, -0.25) is 14.4 Å². The summed E-state index contributed by atoms with van der Waals surface area (Å²) in [5.74, 6) is -0.294. The van der Waals surface area contributed by atoms with E-state index in [1.54, 1.807) is 16.8 Å². The number of benzene rings is 2. The molecule has 0 bridgehead atoms. The third kappa shape index (κ3) is 6.33. The predicted octanol–water partition coefficient (Wildman–Crippen LogP) is 1.52. The van der Waals surface area contributed by atoms with E-state index in [1.165, 1.54) is 0 Å². The number of carboxylic acid groups (broad SMARTS) is 1. The number of hydrogen-bond donors (Lipinski definition) is 4. The number of anilines is 1. The molecule has 2 atom stereocenters. The molecule has 0 saturated carbocycles. The zero-order valence-electron chi connectivity index (χ0n) is 20.1. The van der Waals surface area contributed by atoms with Crippen molar-refractivity contribution in [2.75, 3.05) is 46.1 Å². The number of nitrogens with one attached hydrogen (secondary N) is 2. The fourth-order valence-corrected chi connectivity index (χ4v) is 4.21. The topological polar surface area (TPSA) is 122 Å². The van der Waals surface area contributed by atoms with E-state index in [0.29, 0.717) is 18.5 Å². The Morgan fingerprint density at radius 3 is 2.41 bits per heavy atom. The van der Waals surface area contributed by atoms with E-state index >= 15 is 0 Å². The highest BCUT2D eigenvalue weighted by molar-refractivity contribution is 6.00. The number of amides is 2. The second-order valence-electron chi connectivity index (χ2n) is 8.54. The van der Waals surface area contributed by atoms with Crippen LogP contribution >= 0.6 is 0 Å². The molecule has 34 heavy (non-hydrogen) atoms. The number of aryl methyl sites for hydroxylation is 1. The summed E-state index contributed by atoms with van der Waals surface area (Å²) in [5.41, 5.74) is 2.23. The molecule has 1 heterocycles. The van der Waals surface area contributed by atoms with Crippen LogP contribution in [0.15, 0.2) is 48.5 Å². The summed E-state index contributed by atoms with van der Waals surface area (Å²) in [6.45, 7) is 2.47. The maximum atomic E-state index is 13.3. The van der Waals surface area contributed by atoms with Crippen molar-refractivity contribution in [2.45, 2.75) is 25.0 Å². The number of aliphatic hydroxyl groups is 1. The van der Waals surface area contributed by atoms with Gasteiger partial charge in [0.05, 0.1) is 23.8 Å². The molecule has 2 aromatic carbocycles. The maximum Gasteiger partial charge on any atom is 0.290 e. The average molecular weight is 471 g/mol. The van der Waals surface area contributed by atoms with Crippen LogP contribution in [0, 0.1) is 6.92 Å². The lowest BCUT2D eigenvalue weighted by atomic mass is 9.78. The minimum absolute atomic E-state index is 0.131. The minimum Gasteiger partial charge on any atom is -0.483 e. The number of rotatable bonds is 6. The molecule has 0 unspecified atom stereocenters. The van der Waals surface area contributed by atoms with Crippen molar-refractivity contribution in [1.29, 1.82) is 0 Å². The van der Waals surface area contributed by atoms with Crippen LogP contribution in [0.25, 0.3) is 0 Å². The third-order valence-corrected chi connectivity index (χ3v) is 5.81. The Morgan fingerprint density at radius 2 is 1.85 bits per heavy atom. The summed E-state index contributed by atoms with van der Waals surface area (Å²) >= 11 is 0. The molecule has 0 spiro atoms. The number of likely N-dealkylation sites (N-methyl/N-ethyl adjacent to an activating group) is 1. The summed E-state index contributed by atoms with van der Waals surface area (Å²) in [4.78, 5) is 37.7. The van der Waals surface area contributed by atoms with Gasteiger partial charge in [0.2, 0.25) is 5.91 Å². The van der Waals surface area contributed by atoms with Gasteiger partial charge in [-0.25, -0.2) is 0 Å². The number of likely N-dealkylation sites (tertiary alicyclic amines) is 1. The van der Waals surface area contributed by atoms with E-state index in [9.17, 15) is 14.7 Å². The van der Waals surface area contributed by atoms with E-state index in [4.69, 9.17) is 9.90 Å². The molecule has 1 aliphatic heterocycles. The van der Waals surface area contributed by atoms with E-state index in [-0.39, 0.29) is 31.4 Å². The van der Waals surface area contributed by atoms with E-state index in [2.05, 4.69) is 10.6 Å². The molecule has 3 rings (SSSR count). The lowest BCUT2D eigenvalue weighted by Gasteiger charge is -2.46. The highest BCUT2D eigenvalue weighted by Crippen LogP contribution is 2.34. The van der Waals surface area contributed by atoms with Crippen molar-refractivity contribution in [3.63, 3.8) is 0 Å². The number of carbonyl (C=O) groups is 3. The van der Waals surface area contributed by atoms with Gasteiger partial charge in [-0.05, 0) is 45.1 Å². The Bertz CT molecular complexity index is 983. The van der Waals surface area contributed by atoms with Gasteiger partial charge in [0, 0.05) is 25.8 Å². The zero-order chi connectivity index (χ0) is 25.3. The summed E-state index contributed by atoms with van der Waals surface area (Å²) in [5, 5.41) is 24.3. The van der Waals surface area contributed by atoms with E-state index in [0.717, 1.165) is 16.8 Å². The molecule has 1 saturated heterocycles. The smallest absolute Gasteiger partial charge is 0.290 e. The number of β-amino-alcohol motifs (C(OH)–C–C–N with tert-alkyl or cyclic N) is 1. The van der Waals surface area contributed by atoms with Crippen LogP contribution in [-0.4, -0.2) is 85.2 Å². The lowest BCUT2D eigenvalue weighted by molar-refractivity contribution is -0.127. The highest BCUT2D eigenvalue weighted by atomic mass is 16.3. The summed E-state index contributed by atoms with van der Waals surface area (Å²) in [6, 6.07) is 15.2. The largest absolute Gasteiger partial charge is 0.483 e. The molecule has 4 N–H and O–H groups in total. The fraction of sp³-hybridized carbons (Fsp3) is 0.400. The quantitative estimate of drug-likeness (QED) is 0.472. The van der Waals surface area contributed by atoms with Crippen molar-refractivity contribution >= 4 is 24.0 Å². The van der Waals surface area contributed by atoms with Crippen LogP contribution in [0.3, 0.4) is 0 Å². The Balaban J connectivity index is 0.00000129. The molecule has 184 valence electrons. The lowest BCUT2D eigenvalue weighted by Crippen LogP contribution is -2.63. The summed E-state index contributed by atoms with van der Waals surface area (Å²) in [6.07, 6.45) is -0.523. The van der Waals surface area contributed by atoms with Crippen LogP contribution in [0.4, 0.5) is 5.69 Å². The summed E-state index contributed by atoms with van der Waals surface area (Å²) in [7, 11) is 5.44. The molecule has 0 aliphatic carbocycles. The Hall–Kier alpha value is -3.43. The molecular weight excluding hydrogens is 436 g/mol. The summed E-state index contributed by atoms with van der Waals surface area (Å²) < 4.78 is 0. The first-order valence-corrected chi connectivity index (χ1v) is 11.0. The van der Waals surface area contributed by atoms with Crippen molar-refractivity contribution in [1.82, 2.24) is 15.1 Å². The number of nitrogens with zero attached hydrogens (tertiary/aromatic N) is 2. The van der Waals surface area contributed by atoms with Gasteiger partial charge >= 0.3 is 0 Å². The highest BCUT2D eigenvalue weighted by Gasteiger charge is 2.46. The predicted molar refractivity (Wildman–Crippen MR) is 131 cm³/mol. The first kappa shape index (κ1) is 26.8. The normalized spacial score (nSPS) is 19.6. The molecule has 2 amide bonds. The Morgan fingerprint density at radius 1 is 1.21 bits per heavy atom. The van der Waals surface area contributed by atoms with Gasteiger partial charge in [0.1, 0.15) is 0 Å². The Kier molecular flexibility index (Phi) is 9.58. The second-order valence-corrected chi connectivity index (χ2v) is 8.54. The molecule has 9 heteroatoms. The minimum atomic E-state index is -0.943. The first-order valence-electron chi connectivity index (χ1n) is 11.0. The average Bonchev–Trinajstić information content (AvgIpc) is 2.80. The molecule has 0 aromatic heterocycles. The van der Waals surface area contributed by atoms with Gasteiger partial charge < -0.3 is 30.6 Å². The van der Waals surface area contributed by atoms with Crippen LogP contribution in [0.1, 0.15) is 27.9 Å². The Labute approximate surface area is 200 Å². The van der Waals surface area contributed by atoms with Gasteiger partial charge in [-0.15, -0.1) is 0 Å². The van der Waals surface area contributed by atoms with Crippen LogP contribution in [0.2, 0.25) is 0 Å². The fourth-order valence-electron chi connectivity index (χ4n) is 4.21.